The largest absolute Gasteiger partial charge is 0.495 e. The summed E-state index contributed by atoms with van der Waals surface area (Å²) in [5, 5.41) is 7.02. The number of aryl methyl sites for hydroxylation is 1. The first-order valence-electron chi connectivity index (χ1n) is 10.4. The Morgan fingerprint density at radius 2 is 1.90 bits per heavy atom. The van der Waals surface area contributed by atoms with Crippen LogP contribution in [0.1, 0.15) is 55.4 Å². The summed E-state index contributed by atoms with van der Waals surface area (Å²) >= 11 is 0. The summed E-state index contributed by atoms with van der Waals surface area (Å²) in [5.74, 6) is -0.0848. The number of fused-ring (bicyclic) bond motifs is 1. The Labute approximate surface area is 181 Å². The van der Waals surface area contributed by atoms with E-state index in [0.717, 1.165) is 32.1 Å². The Kier molecular flexibility index (Phi) is 5.85. The van der Waals surface area contributed by atoms with Crippen molar-refractivity contribution in [2.45, 2.75) is 62.8 Å². The van der Waals surface area contributed by atoms with Gasteiger partial charge >= 0.3 is 0 Å². The van der Waals surface area contributed by atoms with Gasteiger partial charge in [-0.3, -0.25) is 9.59 Å². The van der Waals surface area contributed by atoms with E-state index in [4.69, 9.17) is 4.74 Å². The molecular weight excluding hydrogens is 420 g/mol. The highest BCUT2D eigenvalue weighted by Crippen LogP contribution is 2.37. The zero-order valence-electron chi connectivity index (χ0n) is 17.6. The maximum atomic E-state index is 13.2. The van der Waals surface area contributed by atoms with Gasteiger partial charge in [0.15, 0.2) is 0 Å². The Bertz CT molecular complexity index is 1130. The second kappa shape index (κ2) is 8.43. The molecule has 0 radical (unpaired) electrons. The molecule has 1 aliphatic carbocycles. The number of methoxy groups -OCH3 is 1. The van der Waals surface area contributed by atoms with Gasteiger partial charge < -0.3 is 10.1 Å². The van der Waals surface area contributed by atoms with Crippen molar-refractivity contribution in [1.29, 1.82) is 0 Å². The van der Waals surface area contributed by atoms with E-state index in [1.54, 1.807) is 19.1 Å². The Morgan fingerprint density at radius 1 is 1.16 bits per heavy atom. The van der Waals surface area contributed by atoms with Gasteiger partial charge in [-0.05, 0) is 37.5 Å². The first-order chi connectivity index (χ1) is 14.8. The van der Waals surface area contributed by atoms with Crippen LogP contribution in [-0.4, -0.2) is 43.2 Å². The number of carbonyl (C=O) groups excluding carboxylic acids is 2. The van der Waals surface area contributed by atoms with Crippen molar-refractivity contribution >= 4 is 27.7 Å². The molecule has 0 saturated heterocycles. The molecule has 1 aliphatic heterocycles. The first-order valence-corrected chi connectivity index (χ1v) is 11.9. The minimum absolute atomic E-state index is 0.0173. The van der Waals surface area contributed by atoms with Crippen molar-refractivity contribution in [3.63, 3.8) is 0 Å². The highest BCUT2D eigenvalue weighted by molar-refractivity contribution is 7.89. The molecule has 0 bridgehead atoms. The summed E-state index contributed by atoms with van der Waals surface area (Å²) in [4.78, 5) is 24.5. The number of nitrogens with zero attached hydrogens (tertiary/aromatic N) is 2. The van der Waals surface area contributed by atoms with Crippen LogP contribution in [0.15, 0.2) is 23.1 Å². The van der Waals surface area contributed by atoms with Crippen molar-refractivity contribution < 1.29 is 22.7 Å². The molecule has 0 atom stereocenters. The number of anilines is 1. The summed E-state index contributed by atoms with van der Waals surface area (Å²) in [5.41, 5.74) is 1.55. The van der Waals surface area contributed by atoms with E-state index in [9.17, 15) is 18.0 Å². The summed E-state index contributed by atoms with van der Waals surface area (Å²) in [6.07, 6.45) is 4.88. The smallest absolute Gasteiger partial charge is 0.249 e. The lowest BCUT2D eigenvalue weighted by molar-refractivity contribution is -0.116. The second-order valence-corrected chi connectivity index (χ2v) is 9.67. The fourth-order valence-corrected chi connectivity index (χ4v) is 5.74. The number of sulfonamides is 1. The summed E-state index contributed by atoms with van der Waals surface area (Å²) in [7, 11) is -2.41. The van der Waals surface area contributed by atoms with Crippen molar-refractivity contribution in [3.8, 4) is 16.9 Å². The predicted molar refractivity (Wildman–Crippen MR) is 115 cm³/mol. The van der Waals surface area contributed by atoms with E-state index in [0.29, 0.717) is 16.8 Å². The zero-order valence-corrected chi connectivity index (χ0v) is 18.4. The molecule has 1 saturated carbocycles. The SMILES string of the molecule is COc1ccc(-c2c(C)nn3c2NC(=O)CCC3=O)cc1S(=O)(=O)NC1CCCCC1. The molecule has 31 heavy (non-hydrogen) atoms. The van der Waals surface area contributed by atoms with Crippen molar-refractivity contribution in [3.05, 3.63) is 23.9 Å². The standard InChI is InChI=1S/C21H26N4O5S/c1-13-20(21-22-18(26)10-11-19(27)25(21)23-13)14-8-9-16(30-2)17(12-14)31(28,29)24-15-6-4-3-5-7-15/h8-9,12,15,24H,3-7,10-11H2,1-2H3,(H,22,26). The molecule has 4 rings (SSSR count). The van der Waals surface area contributed by atoms with Crippen LogP contribution in [0.3, 0.4) is 0 Å². The lowest BCUT2D eigenvalue weighted by atomic mass is 9.96. The number of hydrogen-bond acceptors (Lipinski definition) is 6. The van der Waals surface area contributed by atoms with Crippen LogP contribution in [0.4, 0.5) is 5.82 Å². The number of hydrogen-bond donors (Lipinski definition) is 2. The van der Waals surface area contributed by atoms with Gasteiger partial charge in [-0.15, -0.1) is 0 Å². The molecule has 1 amide bonds. The van der Waals surface area contributed by atoms with E-state index < -0.39 is 10.0 Å². The summed E-state index contributed by atoms with van der Waals surface area (Å²) < 4.78 is 35.7. The van der Waals surface area contributed by atoms with E-state index in [1.807, 2.05) is 0 Å². The number of aromatic nitrogens is 2. The third-order valence-electron chi connectivity index (χ3n) is 5.79. The average molecular weight is 447 g/mol. The van der Waals surface area contributed by atoms with Gasteiger partial charge in [-0.1, -0.05) is 25.3 Å². The molecule has 2 aromatic rings. The number of ether oxygens (including phenoxy) is 1. The van der Waals surface area contributed by atoms with Crippen LogP contribution < -0.4 is 14.8 Å². The number of nitrogens with one attached hydrogen (secondary N) is 2. The van der Waals surface area contributed by atoms with E-state index >= 15 is 0 Å². The van der Waals surface area contributed by atoms with Gasteiger partial charge in [-0.25, -0.2) is 13.1 Å². The molecule has 2 heterocycles. The molecule has 2 N–H and O–H groups in total. The van der Waals surface area contributed by atoms with Gasteiger partial charge in [0, 0.05) is 24.4 Å². The Balaban J connectivity index is 1.78. The predicted octanol–water partition coefficient (Wildman–Crippen LogP) is 2.85. The van der Waals surface area contributed by atoms with Crippen LogP contribution in [0.25, 0.3) is 11.1 Å². The molecule has 166 valence electrons. The minimum Gasteiger partial charge on any atom is -0.495 e. The highest BCUT2D eigenvalue weighted by Gasteiger charge is 2.29. The molecule has 9 nitrogen and oxygen atoms in total. The quantitative estimate of drug-likeness (QED) is 0.729. The Hall–Kier alpha value is -2.72. The lowest BCUT2D eigenvalue weighted by Gasteiger charge is -2.23. The molecule has 0 spiro atoms. The lowest BCUT2D eigenvalue weighted by Crippen LogP contribution is -2.36. The second-order valence-electron chi connectivity index (χ2n) is 7.98. The van der Waals surface area contributed by atoms with E-state index in [-0.39, 0.29) is 47.2 Å². The highest BCUT2D eigenvalue weighted by atomic mass is 32.2. The monoisotopic (exact) mass is 446 g/mol. The van der Waals surface area contributed by atoms with Gasteiger partial charge in [0.2, 0.25) is 21.8 Å². The van der Waals surface area contributed by atoms with E-state index in [2.05, 4.69) is 15.1 Å². The van der Waals surface area contributed by atoms with Crippen molar-refractivity contribution in [1.82, 2.24) is 14.5 Å². The molecule has 10 heteroatoms. The fourth-order valence-electron chi connectivity index (χ4n) is 4.24. The Morgan fingerprint density at radius 3 is 2.61 bits per heavy atom. The van der Waals surface area contributed by atoms with Gasteiger partial charge in [-0.2, -0.15) is 9.78 Å². The number of amides is 1. The molecule has 0 unspecified atom stereocenters. The van der Waals surface area contributed by atoms with E-state index in [1.165, 1.54) is 17.9 Å². The topological polar surface area (TPSA) is 119 Å². The van der Waals surface area contributed by atoms with Crippen molar-refractivity contribution in [2.24, 2.45) is 0 Å². The summed E-state index contributed by atoms with van der Waals surface area (Å²) in [6, 6.07) is 4.69. The molecule has 1 fully saturated rings. The third kappa shape index (κ3) is 4.22. The number of rotatable bonds is 5. The van der Waals surface area contributed by atoms with Crippen molar-refractivity contribution in [2.75, 3.05) is 12.4 Å². The maximum absolute atomic E-state index is 13.2. The maximum Gasteiger partial charge on any atom is 0.249 e. The third-order valence-corrected chi connectivity index (χ3v) is 7.33. The van der Waals surface area contributed by atoms with Crippen LogP contribution in [0.2, 0.25) is 0 Å². The molecule has 2 aliphatic rings. The summed E-state index contributed by atoms with van der Waals surface area (Å²) in [6.45, 7) is 1.72. The number of carbonyl (C=O) groups is 2. The fraction of sp³-hybridized carbons (Fsp3) is 0.476. The van der Waals surface area contributed by atoms with Gasteiger partial charge in [0.05, 0.1) is 12.8 Å². The average Bonchev–Trinajstić information content (AvgIpc) is 3.00. The van der Waals surface area contributed by atoms with Gasteiger partial charge in [0.1, 0.15) is 16.5 Å². The number of benzene rings is 1. The molecule has 1 aromatic heterocycles. The van der Waals surface area contributed by atoms with Crippen LogP contribution >= 0.6 is 0 Å². The van der Waals surface area contributed by atoms with Crippen LogP contribution in [0, 0.1) is 6.92 Å². The van der Waals surface area contributed by atoms with Gasteiger partial charge in [0.25, 0.3) is 0 Å². The normalized spacial score (nSPS) is 17.7. The first kappa shape index (κ1) is 21.5. The molecule has 1 aromatic carbocycles. The van der Waals surface area contributed by atoms with Crippen LogP contribution in [0.5, 0.6) is 5.75 Å². The van der Waals surface area contributed by atoms with Crippen LogP contribution in [-0.2, 0) is 14.8 Å². The molecular formula is C21H26N4O5S. The zero-order chi connectivity index (χ0) is 22.2. The minimum atomic E-state index is -3.84.